The van der Waals surface area contributed by atoms with Crippen LogP contribution >= 0.6 is 23.7 Å². The Kier molecular flexibility index (Phi) is 6.30. The molecule has 108 valence electrons. The highest BCUT2D eigenvalue weighted by Crippen LogP contribution is 2.37. The second-order valence-corrected chi connectivity index (χ2v) is 6.35. The van der Waals surface area contributed by atoms with Gasteiger partial charge in [0.25, 0.3) is 0 Å². The molecule has 1 aliphatic rings. The summed E-state index contributed by atoms with van der Waals surface area (Å²) in [6.07, 6.45) is 5.21. The molecule has 2 rings (SSSR count). The number of nitrogens with two attached hydrogens (primary N) is 1. The summed E-state index contributed by atoms with van der Waals surface area (Å²) in [6.45, 7) is 3.27. The van der Waals surface area contributed by atoms with E-state index in [1.54, 1.807) is 11.3 Å². The third-order valence-corrected chi connectivity index (χ3v) is 5.15. The summed E-state index contributed by atoms with van der Waals surface area (Å²) in [5.74, 6) is 0.147. The van der Waals surface area contributed by atoms with Gasteiger partial charge in [0.15, 0.2) is 0 Å². The number of amides is 1. The van der Waals surface area contributed by atoms with Crippen LogP contribution in [0.4, 0.5) is 0 Å². The van der Waals surface area contributed by atoms with Crippen LogP contribution in [-0.2, 0) is 17.8 Å². The van der Waals surface area contributed by atoms with Crippen LogP contribution in [0, 0.1) is 5.41 Å². The van der Waals surface area contributed by atoms with Gasteiger partial charge < -0.3 is 11.1 Å². The minimum absolute atomic E-state index is 0. The van der Waals surface area contributed by atoms with E-state index in [4.69, 9.17) is 5.73 Å². The first-order valence-electron chi connectivity index (χ1n) is 6.76. The zero-order valence-corrected chi connectivity index (χ0v) is 13.0. The lowest BCUT2D eigenvalue weighted by Gasteiger charge is -2.25. The first kappa shape index (κ1) is 16.5. The predicted octanol–water partition coefficient (Wildman–Crippen LogP) is 2.87. The van der Waals surface area contributed by atoms with Crippen molar-refractivity contribution >= 4 is 29.7 Å². The number of hydrogen-bond acceptors (Lipinski definition) is 3. The van der Waals surface area contributed by atoms with Gasteiger partial charge in [-0.2, -0.15) is 0 Å². The molecule has 3 nitrogen and oxygen atoms in total. The van der Waals surface area contributed by atoms with E-state index in [-0.39, 0.29) is 23.7 Å². The summed E-state index contributed by atoms with van der Waals surface area (Å²) in [6, 6.07) is 4.24. The third-order valence-electron chi connectivity index (χ3n) is 3.92. The average molecular weight is 303 g/mol. The largest absolute Gasteiger partial charge is 0.351 e. The van der Waals surface area contributed by atoms with Gasteiger partial charge in [0.1, 0.15) is 0 Å². The van der Waals surface area contributed by atoms with E-state index < -0.39 is 0 Å². The predicted molar refractivity (Wildman–Crippen MR) is 82.7 cm³/mol. The number of carbonyl (C=O) groups is 1. The molecule has 3 N–H and O–H groups in total. The monoisotopic (exact) mass is 302 g/mol. The average Bonchev–Trinajstić information content (AvgIpc) is 3.05. The summed E-state index contributed by atoms with van der Waals surface area (Å²) in [4.78, 5) is 14.9. The molecule has 1 saturated carbocycles. The van der Waals surface area contributed by atoms with Crippen molar-refractivity contribution in [1.29, 1.82) is 0 Å². The molecule has 0 unspecified atom stereocenters. The van der Waals surface area contributed by atoms with Gasteiger partial charge in [-0.05, 0) is 31.4 Å². The molecule has 1 aromatic rings. The van der Waals surface area contributed by atoms with E-state index in [9.17, 15) is 4.79 Å². The number of rotatable bonds is 5. The molecule has 0 spiro atoms. The van der Waals surface area contributed by atoms with Gasteiger partial charge in [0, 0.05) is 16.3 Å². The molecule has 0 radical (unpaired) electrons. The van der Waals surface area contributed by atoms with Crippen molar-refractivity contribution in [3.63, 3.8) is 0 Å². The maximum Gasteiger partial charge on any atom is 0.227 e. The van der Waals surface area contributed by atoms with Crippen LogP contribution in [-0.4, -0.2) is 12.5 Å². The fourth-order valence-corrected chi connectivity index (χ4v) is 3.54. The molecule has 0 atom stereocenters. The van der Waals surface area contributed by atoms with Crippen molar-refractivity contribution < 1.29 is 4.79 Å². The van der Waals surface area contributed by atoms with Crippen LogP contribution in [0.1, 0.15) is 42.4 Å². The Labute approximate surface area is 125 Å². The Hall–Kier alpha value is -0.580. The Balaban J connectivity index is 0.00000180. The highest BCUT2D eigenvalue weighted by Gasteiger charge is 2.39. The molecule has 0 aliphatic heterocycles. The van der Waals surface area contributed by atoms with Crippen LogP contribution < -0.4 is 11.1 Å². The Bertz CT molecular complexity index is 413. The number of halogens is 1. The molecule has 1 fully saturated rings. The first-order valence-corrected chi connectivity index (χ1v) is 7.58. The third kappa shape index (κ3) is 3.71. The lowest BCUT2D eigenvalue weighted by Crippen LogP contribution is -2.43. The zero-order chi connectivity index (χ0) is 13.0. The number of thiophene rings is 1. The van der Waals surface area contributed by atoms with Crippen molar-refractivity contribution in [2.45, 2.75) is 45.6 Å². The fourth-order valence-electron chi connectivity index (χ4n) is 2.64. The van der Waals surface area contributed by atoms with Gasteiger partial charge in [-0.25, -0.2) is 0 Å². The number of aryl methyl sites for hydroxylation is 1. The van der Waals surface area contributed by atoms with E-state index in [2.05, 4.69) is 24.4 Å². The Morgan fingerprint density at radius 2 is 2.00 bits per heavy atom. The van der Waals surface area contributed by atoms with Crippen molar-refractivity contribution in [2.24, 2.45) is 11.1 Å². The SMILES string of the molecule is CCc1ccc(CNC(=O)C2(CN)CCCC2)s1.Cl. The molecule has 0 saturated heterocycles. The molecular formula is C14H23ClN2OS. The summed E-state index contributed by atoms with van der Waals surface area (Å²) >= 11 is 1.78. The van der Waals surface area contributed by atoms with Gasteiger partial charge in [0.2, 0.25) is 5.91 Å². The van der Waals surface area contributed by atoms with Crippen LogP contribution in [0.2, 0.25) is 0 Å². The molecule has 1 aromatic heterocycles. The van der Waals surface area contributed by atoms with Crippen LogP contribution in [0.3, 0.4) is 0 Å². The van der Waals surface area contributed by atoms with Crippen molar-refractivity contribution in [3.8, 4) is 0 Å². The summed E-state index contributed by atoms with van der Waals surface area (Å²) in [7, 11) is 0. The van der Waals surface area contributed by atoms with E-state index in [0.29, 0.717) is 13.1 Å². The second-order valence-electron chi connectivity index (χ2n) is 5.10. The fraction of sp³-hybridized carbons (Fsp3) is 0.643. The Morgan fingerprint density at radius 3 is 2.53 bits per heavy atom. The minimum atomic E-state index is -0.287. The lowest BCUT2D eigenvalue weighted by molar-refractivity contribution is -0.130. The number of nitrogens with one attached hydrogen (secondary N) is 1. The first-order chi connectivity index (χ1) is 8.70. The topological polar surface area (TPSA) is 55.1 Å². The summed E-state index contributed by atoms with van der Waals surface area (Å²) in [5.41, 5.74) is 5.52. The maximum atomic E-state index is 12.3. The lowest BCUT2D eigenvalue weighted by atomic mass is 9.85. The zero-order valence-electron chi connectivity index (χ0n) is 11.4. The number of carbonyl (C=O) groups excluding carboxylic acids is 1. The highest BCUT2D eigenvalue weighted by atomic mass is 35.5. The molecule has 5 heteroatoms. The van der Waals surface area contributed by atoms with Gasteiger partial charge in [-0.1, -0.05) is 19.8 Å². The van der Waals surface area contributed by atoms with Crippen molar-refractivity contribution in [2.75, 3.05) is 6.54 Å². The van der Waals surface area contributed by atoms with E-state index in [1.807, 2.05) is 0 Å². The quantitative estimate of drug-likeness (QED) is 0.879. The van der Waals surface area contributed by atoms with Crippen molar-refractivity contribution in [1.82, 2.24) is 5.32 Å². The molecule has 0 aromatic carbocycles. The van der Waals surface area contributed by atoms with Gasteiger partial charge in [0.05, 0.1) is 12.0 Å². The molecule has 1 heterocycles. The van der Waals surface area contributed by atoms with Gasteiger partial charge >= 0.3 is 0 Å². The Morgan fingerprint density at radius 1 is 1.37 bits per heavy atom. The highest BCUT2D eigenvalue weighted by molar-refractivity contribution is 7.11. The molecular weight excluding hydrogens is 280 g/mol. The van der Waals surface area contributed by atoms with E-state index in [1.165, 1.54) is 9.75 Å². The summed E-state index contributed by atoms with van der Waals surface area (Å²) in [5, 5.41) is 3.06. The molecule has 0 bridgehead atoms. The molecule has 19 heavy (non-hydrogen) atoms. The van der Waals surface area contributed by atoms with Gasteiger partial charge in [-0.3, -0.25) is 4.79 Å². The smallest absolute Gasteiger partial charge is 0.227 e. The molecule has 1 amide bonds. The molecule has 1 aliphatic carbocycles. The van der Waals surface area contributed by atoms with Crippen molar-refractivity contribution in [3.05, 3.63) is 21.9 Å². The minimum Gasteiger partial charge on any atom is -0.351 e. The van der Waals surface area contributed by atoms with Crippen LogP contribution in [0.15, 0.2) is 12.1 Å². The van der Waals surface area contributed by atoms with E-state index in [0.717, 1.165) is 32.1 Å². The van der Waals surface area contributed by atoms with Gasteiger partial charge in [-0.15, -0.1) is 23.7 Å². The number of hydrogen-bond donors (Lipinski definition) is 2. The maximum absolute atomic E-state index is 12.3. The normalized spacial score (nSPS) is 16.9. The van der Waals surface area contributed by atoms with Crippen LogP contribution in [0.25, 0.3) is 0 Å². The second kappa shape index (κ2) is 7.27. The standard InChI is InChI=1S/C14H22N2OS.ClH/c1-2-11-5-6-12(18-11)9-16-13(17)14(10-15)7-3-4-8-14;/h5-6H,2-4,7-10,15H2,1H3,(H,16,17);1H. The summed E-state index contributed by atoms with van der Waals surface area (Å²) < 4.78 is 0. The van der Waals surface area contributed by atoms with E-state index >= 15 is 0 Å². The van der Waals surface area contributed by atoms with Crippen LogP contribution in [0.5, 0.6) is 0 Å².